The first-order chi connectivity index (χ1) is 16.2. The maximum absolute atomic E-state index is 11.7. The Bertz CT molecular complexity index is 1110. The minimum atomic E-state index is -0.205. The number of carbonyl (C=O) groups excluding carboxylic acids is 1. The van der Waals surface area contributed by atoms with E-state index < -0.39 is 0 Å². The van der Waals surface area contributed by atoms with Crippen LogP contribution in [0.1, 0.15) is 31.2 Å². The molecule has 1 aromatic carbocycles. The Morgan fingerprint density at radius 2 is 1.97 bits per heavy atom. The number of amides is 1. The molecule has 3 aromatic rings. The molecule has 0 unspecified atom stereocenters. The summed E-state index contributed by atoms with van der Waals surface area (Å²) in [6, 6.07) is 10.6. The summed E-state index contributed by atoms with van der Waals surface area (Å²) >= 11 is 0. The number of benzene rings is 1. The summed E-state index contributed by atoms with van der Waals surface area (Å²) in [5.41, 5.74) is 4.54. The molecule has 0 bridgehead atoms. The zero-order valence-electron chi connectivity index (χ0n) is 18.9. The van der Waals surface area contributed by atoms with E-state index in [2.05, 4.69) is 39.6 Å². The molecule has 0 aliphatic carbocycles. The second-order valence-corrected chi connectivity index (χ2v) is 8.65. The van der Waals surface area contributed by atoms with E-state index in [9.17, 15) is 4.79 Å². The van der Waals surface area contributed by atoms with Crippen molar-refractivity contribution in [2.75, 3.05) is 39.4 Å². The van der Waals surface area contributed by atoms with Crippen molar-refractivity contribution in [1.82, 2.24) is 25.2 Å². The fourth-order valence-electron chi connectivity index (χ4n) is 4.55. The van der Waals surface area contributed by atoms with E-state index in [1.165, 1.54) is 18.4 Å². The van der Waals surface area contributed by atoms with Crippen molar-refractivity contribution in [3.8, 4) is 17.1 Å². The zero-order valence-corrected chi connectivity index (χ0v) is 18.9. The third-order valence-corrected chi connectivity index (χ3v) is 6.43. The van der Waals surface area contributed by atoms with Crippen molar-refractivity contribution in [1.29, 1.82) is 0 Å². The summed E-state index contributed by atoms with van der Waals surface area (Å²) in [6.45, 7) is 5.65. The monoisotopic (exact) mass is 447 g/mol. The molecule has 8 heteroatoms. The molecule has 1 N–H and O–H groups in total. The third kappa shape index (κ3) is 4.96. The highest BCUT2D eigenvalue weighted by Gasteiger charge is 2.23. The molecule has 1 atom stereocenters. The van der Waals surface area contributed by atoms with Gasteiger partial charge < -0.3 is 19.7 Å². The van der Waals surface area contributed by atoms with Crippen molar-refractivity contribution in [2.24, 2.45) is 0 Å². The van der Waals surface area contributed by atoms with E-state index in [1.807, 2.05) is 6.07 Å². The number of nitrogens with one attached hydrogen (secondary N) is 1. The van der Waals surface area contributed by atoms with Crippen LogP contribution >= 0.6 is 0 Å². The van der Waals surface area contributed by atoms with Crippen molar-refractivity contribution in [3.63, 3.8) is 0 Å². The zero-order chi connectivity index (χ0) is 22.6. The van der Waals surface area contributed by atoms with Crippen LogP contribution in [0.3, 0.4) is 0 Å². The van der Waals surface area contributed by atoms with Gasteiger partial charge in [0.1, 0.15) is 12.7 Å². The number of carbonyl (C=O) groups is 1. The predicted molar refractivity (Wildman–Crippen MR) is 125 cm³/mol. The van der Waals surface area contributed by atoms with Gasteiger partial charge in [0.15, 0.2) is 5.52 Å². The van der Waals surface area contributed by atoms with Crippen LogP contribution in [0.5, 0.6) is 5.88 Å². The molecule has 172 valence electrons. The normalized spacial score (nSPS) is 19.5. The lowest BCUT2D eigenvalue weighted by Crippen LogP contribution is -2.46. The molecule has 33 heavy (non-hydrogen) atoms. The van der Waals surface area contributed by atoms with Crippen molar-refractivity contribution in [2.45, 2.75) is 31.8 Å². The minimum absolute atomic E-state index is 0.0488. The first kappa shape index (κ1) is 21.7. The number of piperidine rings is 1. The average Bonchev–Trinajstić information content (AvgIpc) is 2.88. The lowest BCUT2D eigenvalue weighted by Gasteiger charge is -2.32. The molecule has 0 spiro atoms. The first-order valence-electron chi connectivity index (χ1n) is 11.6. The number of pyridine rings is 1. The standard InChI is InChI=1S/C25H29N5O3/c1-17(31)30-12-13-32-21(15-30)16-33-25-24-23(27-10-11-28-24)14-22(29-25)20-4-2-18(3-5-20)19-6-8-26-9-7-19/h2-5,10-11,14,19,21,26H,6-9,12-13,15-16H2,1H3/t21-/m0/s1. The van der Waals surface area contributed by atoms with Gasteiger partial charge in [-0.1, -0.05) is 24.3 Å². The number of hydrogen-bond acceptors (Lipinski definition) is 7. The van der Waals surface area contributed by atoms with E-state index in [0.717, 1.165) is 29.9 Å². The number of hydrogen-bond donors (Lipinski definition) is 1. The van der Waals surface area contributed by atoms with Crippen LogP contribution in [-0.2, 0) is 9.53 Å². The smallest absolute Gasteiger partial charge is 0.242 e. The van der Waals surface area contributed by atoms with Gasteiger partial charge in [0.05, 0.1) is 24.4 Å². The van der Waals surface area contributed by atoms with Gasteiger partial charge in [-0.3, -0.25) is 9.78 Å². The number of morpholine rings is 1. The van der Waals surface area contributed by atoms with Crippen molar-refractivity contribution >= 4 is 16.9 Å². The third-order valence-electron chi connectivity index (χ3n) is 6.43. The summed E-state index contributed by atoms with van der Waals surface area (Å²) < 4.78 is 11.9. The summed E-state index contributed by atoms with van der Waals surface area (Å²) in [5.74, 6) is 1.09. The quantitative estimate of drug-likeness (QED) is 0.643. The maximum Gasteiger partial charge on any atom is 0.242 e. The lowest BCUT2D eigenvalue weighted by molar-refractivity contribution is -0.137. The maximum atomic E-state index is 11.7. The molecule has 2 aliphatic rings. The van der Waals surface area contributed by atoms with E-state index in [-0.39, 0.29) is 12.0 Å². The predicted octanol–water partition coefficient (Wildman–Crippen LogP) is 2.78. The molecule has 5 rings (SSSR count). The highest BCUT2D eigenvalue weighted by molar-refractivity contribution is 5.83. The number of rotatable bonds is 5. The molecular weight excluding hydrogens is 418 g/mol. The Morgan fingerprint density at radius 1 is 1.18 bits per heavy atom. The molecule has 2 aliphatic heterocycles. The summed E-state index contributed by atoms with van der Waals surface area (Å²) in [7, 11) is 0. The Balaban J connectivity index is 1.37. The average molecular weight is 448 g/mol. The SMILES string of the molecule is CC(=O)N1CCO[C@H](COc2nc(-c3ccc(C4CCNCC4)cc3)cc3nccnc23)C1. The van der Waals surface area contributed by atoms with Crippen LogP contribution < -0.4 is 10.1 Å². The largest absolute Gasteiger partial charge is 0.473 e. The fraction of sp³-hybridized carbons (Fsp3) is 0.440. The van der Waals surface area contributed by atoms with Crippen LogP contribution in [0, 0.1) is 0 Å². The Morgan fingerprint density at radius 3 is 2.76 bits per heavy atom. The van der Waals surface area contributed by atoms with E-state index >= 15 is 0 Å². The second-order valence-electron chi connectivity index (χ2n) is 8.65. The lowest BCUT2D eigenvalue weighted by atomic mass is 9.89. The van der Waals surface area contributed by atoms with Gasteiger partial charge in [0.2, 0.25) is 11.8 Å². The fourth-order valence-corrected chi connectivity index (χ4v) is 4.55. The van der Waals surface area contributed by atoms with Crippen LogP contribution in [0.2, 0.25) is 0 Å². The number of nitrogens with zero attached hydrogens (tertiary/aromatic N) is 4. The second kappa shape index (κ2) is 9.80. The number of ether oxygens (including phenoxy) is 2. The number of fused-ring (bicyclic) bond motifs is 1. The van der Waals surface area contributed by atoms with Crippen molar-refractivity contribution in [3.05, 3.63) is 48.3 Å². The van der Waals surface area contributed by atoms with Crippen LogP contribution in [0.25, 0.3) is 22.3 Å². The summed E-state index contributed by atoms with van der Waals surface area (Å²) in [5, 5.41) is 3.42. The van der Waals surface area contributed by atoms with Gasteiger partial charge >= 0.3 is 0 Å². The topological polar surface area (TPSA) is 89.5 Å². The van der Waals surface area contributed by atoms with Gasteiger partial charge in [-0.15, -0.1) is 0 Å². The highest BCUT2D eigenvalue weighted by Crippen LogP contribution is 2.30. The minimum Gasteiger partial charge on any atom is -0.473 e. The molecule has 0 saturated carbocycles. The van der Waals surface area contributed by atoms with Gasteiger partial charge in [-0.05, 0) is 43.5 Å². The Labute approximate surface area is 193 Å². The molecule has 4 heterocycles. The highest BCUT2D eigenvalue weighted by atomic mass is 16.5. The molecular formula is C25H29N5O3. The molecule has 1 amide bonds. The van der Waals surface area contributed by atoms with Gasteiger partial charge in [-0.25, -0.2) is 9.97 Å². The Kier molecular flexibility index (Phi) is 6.46. The molecule has 2 aromatic heterocycles. The summed E-state index contributed by atoms with van der Waals surface area (Å²) in [6.07, 6.45) is 5.45. The van der Waals surface area contributed by atoms with Crippen molar-refractivity contribution < 1.29 is 14.3 Å². The van der Waals surface area contributed by atoms with E-state index in [0.29, 0.717) is 43.6 Å². The molecule has 0 radical (unpaired) electrons. The molecule has 2 fully saturated rings. The van der Waals surface area contributed by atoms with Crippen LogP contribution in [0.4, 0.5) is 0 Å². The first-order valence-corrected chi connectivity index (χ1v) is 11.6. The Hall–Kier alpha value is -3.10. The van der Waals surface area contributed by atoms with Gasteiger partial charge in [0.25, 0.3) is 0 Å². The van der Waals surface area contributed by atoms with Gasteiger partial charge in [-0.2, -0.15) is 0 Å². The van der Waals surface area contributed by atoms with Crippen LogP contribution in [-0.4, -0.2) is 71.3 Å². The number of aromatic nitrogens is 3. The molecule has 8 nitrogen and oxygen atoms in total. The molecule has 2 saturated heterocycles. The van der Waals surface area contributed by atoms with E-state index in [1.54, 1.807) is 24.2 Å². The van der Waals surface area contributed by atoms with Crippen LogP contribution in [0.15, 0.2) is 42.7 Å². The van der Waals surface area contributed by atoms with E-state index in [4.69, 9.17) is 14.5 Å². The van der Waals surface area contributed by atoms with Gasteiger partial charge in [0, 0.05) is 31.4 Å². The summed E-state index contributed by atoms with van der Waals surface area (Å²) in [4.78, 5) is 27.2.